The summed E-state index contributed by atoms with van der Waals surface area (Å²) in [7, 11) is 0. The van der Waals surface area contributed by atoms with Crippen LogP contribution in [0.5, 0.6) is 0 Å². The molecule has 0 unspecified atom stereocenters. The van der Waals surface area contributed by atoms with E-state index in [1.165, 1.54) is 0 Å². The Morgan fingerprint density at radius 1 is 1.62 bits per heavy atom. The molecule has 0 heterocycles. The van der Waals surface area contributed by atoms with Crippen LogP contribution in [0.25, 0.3) is 0 Å². The maximum Gasteiger partial charge on any atom is 0.317 e. The van der Waals surface area contributed by atoms with E-state index in [4.69, 9.17) is 11.1 Å². The SMILES string of the molecule is Cc1cc(Br)cc(N(O[N+](=O)[O-])C(=N)N)c1. The van der Waals surface area contributed by atoms with Crippen LogP contribution < -0.4 is 10.8 Å². The normalized spacial score (nSPS) is 9.62. The van der Waals surface area contributed by atoms with Crippen LogP contribution in [0.1, 0.15) is 5.56 Å². The van der Waals surface area contributed by atoms with Gasteiger partial charge in [-0.2, -0.15) is 4.94 Å². The summed E-state index contributed by atoms with van der Waals surface area (Å²) in [6, 6.07) is 4.97. The van der Waals surface area contributed by atoms with E-state index < -0.39 is 11.0 Å². The third-order valence-corrected chi connectivity index (χ3v) is 2.09. The highest BCUT2D eigenvalue weighted by Crippen LogP contribution is 2.22. The predicted octanol–water partition coefficient (Wildman–Crippen LogP) is 1.58. The number of anilines is 1. The molecule has 0 amide bonds. The van der Waals surface area contributed by atoms with Crippen molar-refractivity contribution in [1.29, 1.82) is 5.41 Å². The zero-order valence-electron chi connectivity index (χ0n) is 8.31. The Labute approximate surface area is 99.5 Å². The van der Waals surface area contributed by atoms with Gasteiger partial charge in [0.15, 0.2) is 0 Å². The number of aryl methyl sites for hydroxylation is 1. The monoisotopic (exact) mass is 288 g/mol. The first-order chi connectivity index (χ1) is 7.40. The largest absolute Gasteiger partial charge is 0.368 e. The van der Waals surface area contributed by atoms with Crippen molar-refractivity contribution in [2.75, 3.05) is 5.06 Å². The molecule has 1 aromatic rings. The fraction of sp³-hybridized carbons (Fsp3) is 0.125. The number of halogens is 1. The van der Waals surface area contributed by atoms with Crippen LogP contribution in [0.4, 0.5) is 5.69 Å². The number of nitrogens with one attached hydrogen (secondary N) is 1. The summed E-state index contributed by atoms with van der Waals surface area (Å²) in [5, 5.41) is 17.0. The molecule has 7 nitrogen and oxygen atoms in total. The van der Waals surface area contributed by atoms with Crippen molar-refractivity contribution in [1.82, 2.24) is 0 Å². The first-order valence-corrected chi connectivity index (χ1v) is 4.93. The second-order valence-electron chi connectivity index (χ2n) is 2.97. The molecule has 0 aromatic heterocycles. The summed E-state index contributed by atoms with van der Waals surface area (Å²) in [5.74, 6) is -0.575. The summed E-state index contributed by atoms with van der Waals surface area (Å²) in [5.41, 5.74) is 6.33. The zero-order valence-corrected chi connectivity index (χ0v) is 9.89. The summed E-state index contributed by atoms with van der Waals surface area (Å²) in [6.45, 7) is 1.80. The van der Waals surface area contributed by atoms with Crippen molar-refractivity contribution in [2.24, 2.45) is 5.73 Å². The van der Waals surface area contributed by atoms with E-state index in [1.54, 1.807) is 19.1 Å². The van der Waals surface area contributed by atoms with Crippen molar-refractivity contribution >= 4 is 27.6 Å². The topological polar surface area (TPSA) is 105 Å². The summed E-state index contributed by atoms with van der Waals surface area (Å²) >= 11 is 3.23. The van der Waals surface area contributed by atoms with Gasteiger partial charge in [-0.25, -0.2) is 0 Å². The van der Waals surface area contributed by atoms with Crippen molar-refractivity contribution in [3.63, 3.8) is 0 Å². The molecule has 1 rings (SSSR count). The third-order valence-electron chi connectivity index (χ3n) is 1.63. The quantitative estimate of drug-likeness (QED) is 0.380. The highest BCUT2D eigenvalue weighted by atomic mass is 79.9. The van der Waals surface area contributed by atoms with Gasteiger partial charge in [0, 0.05) is 4.47 Å². The van der Waals surface area contributed by atoms with Gasteiger partial charge >= 0.3 is 5.09 Å². The first kappa shape index (κ1) is 12.2. The fourth-order valence-corrected chi connectivity index (χ4v) is 1.73. The first-order valence-electron chi connectivity index (χ1n) is 4.14. The lowest BCUT2D eigenvalue weighted by molar-refractivity contribution is -0.758. The number of hydrogen-bond acceptors (Lipinski definition) is 4. The number of nitrogens with two attached hydrogens (primary N) is 1. The average molecular weight is 289 g/mol. The van der Waals surface area contributed by atoms with Crippen molar-refractivity contribution in [3.8, 4) is 0 Å². The molecular formula is C8H9BrN4O3. The lowest BCUT2D eigenvalue weighted by Gasteiger charge is -2.18. The molecule has 0 radical (unpaired) electrons. The molecule has 0 spiro atoms. The minimum atomic E-state index is -1.03. The van der Waals surface area contributed by atoms with E-state index in [-0.39, 0.29) is 0 Å². The maximum absolute atomic E-state index is 10.2. The van der Waals surface area contributed by atoms with Crippen LogP contribution in [0.15, 0.2) is 22.7 Å². The smallest absolute Gasteiger partial charge is 0.317 e. The van der Waals surface area contributed by atoms with Crippen LogP contribution in [0.3, 0.4) is 0 Å². The molecule has 0 saturated heterocycles. The number of hydroxylamine groups is 1. The van der Waals surface area contributed by atoms with Gasteiger partial charge in [0.05, 0.1) is 5.69 Å². The summed E-state index contributed by atoms with van der Waals surface area (Å²) in [6.07, 6.45) is 0. The Balaban J connectivity index is 3.10. The van der Waals surface area contributed by atoms with E-state index >= 15 is 0 Å². The van der Waals surface area contributed by atoms with Crippen LogP contribution >= 0.6 is 15.9 Å². The Morgan fingerprint density at radius 2 is 2.25 bits per heavy atom. The number of guanidine groups is 1. The van der Waals surface area contributed by atoms with Gasteiger partial charge in [0.25, 0.3) is 0 Å². The Kier molecular flexibility index (Phi) is 3.67. The molecule has 0 aliphatic rings. The summed E-state index contributed by atoms with van der Waals surface area (Å²) < 4.78 is 0.709. The number of benzene rings is 1. The van der Waals surface area contributed by atoms with Gasteiger partial charge < -0.3 is 5.73 Å². The molecule has 16 heavy (non-hydrogen) atoms. The van der Waals surface area contributed by atoms with Crippen LogP contribution in [-0.4, -0.2) is 11.0 Å². The van der Waals surface area contributed by atoms with Gasteiger partial charge in [0.1, 0.15) is 0 Å². The molecule has 3 N–H and O–H groups in total. The number of nitrogens with zero attached hydrogens (tertiary/aromatic N) is 2. The minimum Gasteiger partial charge on any atom is -0.368 e. The number of rotatable bonds is 3. The molecule has 0 saturated carbocycles. The maximum atomic E-state index is 10.2. The van der Waals surface area contributed by atoms with Crippen molar-refractivity contribution in [3.05, 3.63) is 38.3 Å². The molecule has 0 aliphatic heterocycles. The molecule has 8 heteroatoms. The Bertz CT molecular complexity index is 417. The highest BCUT2D eigenvalue weighted by Gasteiger charge is 2.15. The molecule has 86 valence electrons. The Morgan fingerprint density at radius 3 is 2.69 bits per heavy atom. The second kappa shape index (κ2) is 4.79. The second-order valence-corrected chi connectivity index (χ2v) is 3.89. The van der Waals surface area contributed by atoms with E-state index in [0.717, 1.165) is 5.56 Å². The molecule has 0 bridgehead atoms. The van der Waals surface area contributed by atoms with Crippen molar-refractivity contribution in [2.45, 2.75) is 6.92 Å². The number of hydrogen-bond donors (Lipinski definition) is 2. The summed E-state index contributed by atoms with van der Waals surface area (Å²) in [4.78, 5) is 14.4. The van der Waals surface area contributed by atoms with Crippen LogP contribution in [0.2, 0.25) is 0 Å². The molecule has 1 aromatic carbocycles. The van der Waals surface area contributed by atoms with Gasteiger partial charge in [-0.05, 0) is 30.7 Å². The minimum absolute atomic E-state index is 0.302. The van der Waals surface area contributed by atoms with Crippen LogP contribution in [-0.2, 0) is 4.94 Å². The third kappa shape index (κ3) is 3.09. The predicted molar refractivity (Wildman–Crippen MR) is 61.4 cm³/mol. The van der Waals surface area contributed by atoms with E-state index in [2.05, 4.69) is 20.9 Å². The molecular weight excluding hydrogens is 280 g/mol. The van der Waals surface area contributed by atoms with E-state index in [0.29, 0.717) is 15.2 Å². The van der Waals surface area contributed by atoms with Gasteiger partial charge in [-0.1, -0.05) is 15.9 Å². The van der Waals surface area contributed by atoms with Crippen molar-refractivity contribution < 1.29 is 10.0 Å². The van der Waals surface area contributed by atoms with E-state index in [1.807, 2.05) is 6.07 Å². The van der Waals surface area contributed by atoms with Gasteiger partial charge in [-0.15, -0.1) is 15.2 Å². The molecule has 0 aliphatic carbocycles. The van der Waals surface area contributed by atoms with Crippen LogP contribution in [0, 0.1) is 22.4 Å². The van der Waals surface area contributed by atoms with Gasteiger partial charge in [-0.3, -0.25) is 5.41 Å². The lowest BCUT2D eigenvalue weighted by Crippen LogP contribution is -2.38. The van der Waals surface area contributed by atoms with Gasteiger partial charge in [0.2, 0.25) is 5.96 Å². The standard InChI is InChI=1S/C8H9BrN4O3/c1-5-2-6(9)4-7(3-5)12(8(10)11)16-13(14)15/h2-4H,1H3,(H3,10,11). The lowest BCUT2D eigenvalue weighted by atomic mass is 10.2. The van der Waals surface area contributed by atoms with E-state index in [9.17, 15) is 10.1 Å². The molecule has 0 atom stereocenters. The average Bonchev–Trinajstić information content (AvgIpc) is 2.11. The molecule has 0 fully saturated rings. The fourth-order valence-electron chi connectivity index (χ4n) is 1.13. The Hall–Kier alpha value is -1.83. The highest BCUT2D eigenvalue weighted by molar-refractivity contribution is 9.10. The zero-order chi connectivity index (χ0) is 12.3.